The highest BCUT2D eigenvalue weighted by Gasteiger charge is 2.28. The first-order valence-electron chi connectivity index (χ1n) is 14.9. The molecule has 0 bridgehead atoms. The normalized spacial score (nSPS) is 16.9. The van der Waals surface area contributed by atoms with Gasteiger partial charge >= 0.3 is 0 Å². The van der Waals surface area contributed by atoms with E-state index in [2.05, 4.69) is 28.4 Å². The number of halogens is 4. The Bertz CT molecular complexity index is 1300. The summed E-state index contributed by atoms with van der Waals surface area (Å²) in [5.41, 5.74) is 7.93. The number of aryl methyl sites for hydroxylation is 1. The van der Waals surface area contributed by atoms with Crippen LogP contribution in [-0.2, 0) is 25.7 Å². The van der Waals surface area contributed by atoms with E-state index in [0.717, 1.165) is 53.3 Å². The van der Waals surface area contributed by atoms with E-state index in [-0.39, 0.29) is 37.2 Å². The van der Waals surface area contributed by atoms with Gasteiger partial charge in [-0.25, -0.2) is 0 Å². The van der Waals surface area contributed by atoms with Crippen LogP contribution in [0.2, 0.25) is 5.02 Å². The molecule has 0 atom stereocenters. The van der Waals surface area contributed by atoms with Gasteiger partial charge in [0.25, 0.3) is 0 Å². The SMILES string of the molecule is COc1cc2c(cc1OC)CC(CC1CCN(CCCNc3c4c(nc5cc(Cl)ccc35)CCCC4)CC1)C2.Cl.Cl.Cl. The molecule has 1 saturated heterocycles. The summed E-state index contributed by atoms with van der Waals surface area (Å²) in [6.07, 6.45) is 12.2. The number of hydrogen-bond donors (Lipinski definition) is 1. The molecule has 3 aromatic rings. The smallest absolute Gasteiger partial charge is 0.161 e. The Morgan fingerprint density at radius 3 is 2.24 bits per heavy atom. The summed E-state index contributed by atoms with van der Waals surface area (Å²) in [5.74, 6) is 3.33. The first-order chi connectivity index (χ1) is 19.1. The summed E-state index contributed by atoms with van der Waals surface area (Å²) in [6.45, 7) is 4.64. The van der Waals surface area contributed by atoms with Gasteiger partial charge in [-0.2, -0.15) is 0 Å². The molecule has 2 aliphatic carbocycles. The zero-order valence-corrected chi connectivity index (χ0v) is 28.0. The van der Waals surface area contributed by atoms with Gasteiger partial charge in [0.2, 0.25) is 0 Å². The Morgan fingerprint density at radius 1 is 0.905 bits per heavy atom. The van der Waals surface area contributed by atoms with E-state index in [1.54, 1.807) is 14.2 Å². The summed E-state index contributed by atoms with van der Waals surface area (Å²) < 4.78 is 11.1. The molecule has 42 heavy (non-hydrogen) atoms. The topological polar surface area (TPSA) is 46.6 Å². The standard InChI is InChI=1S/C33H42ClN3O2.3ClH/c1-38-31-19-24-17-23(18-25(24)20-32(31)39-2)16-22-10-14-37(15-11-22)13-5-12-35-33-27-6-3-4-7-29(27)36-30-21-26(34)8-9-28(30)33;;;/h8-9,19-23H,3-7,10-18H2,1-2H3,(H,35,36);3*1H. The second-order valence-electron chi connectivity index (χ2n) is 11.8. The van der Waals surface area contributed by atoms with Crippen LogP contribution in [0.5, 0.6) is 11.5 Å². The Hall–Kier alpha value is -1.63. The van der Waals surface area contributed by atoms with Crippen molar-refractivity contribution in [1.82, 2.24) is 9.88 Å². The average Bonchev–Trinajstić information content (AvgIpc) is 3.35. The van der Waals surface area contributed by atoms with Crippen LogP contribution in [0.4, 0.5) is 5.69 Å². The van der Waals surface area contributed by atoms with E-state index in [1.807, 2.05) is 12.1 Å². The molecule has 2 heterocycles. The van der Waals surface area contributed by atoms with E-state index >= 15 is 0 Å². The van der Waals surface area contributed by atoms with Crippen molar-refractivity contribution in [2.45, 2.75) is 64.2 Å². The minimum Gasteiger partial charge on any atom is -0.493 e. The lowest BCUT2D eigenvalue weighted by atomic mass is 9.86. The van der Waals surface area contributed by atoms with Crippen LogP contribution < -0.4 is 14.8 Å². The molecule has 1 N–H and O–H groups in total. The summed E-state index contributed by atoms with van der Waals surface area (Å²) in [4.78, 5) is 7.64. The van der Waals surface area contributed by atoms with Gasteiger partial charge in [0, 0.05) is 28.3 Å². The molecule has 0 spiro atoms. The lowest BCUT2D eigenvalue weighted by molar-refractivity contribution is 0.167. The van der Waals surface area contributed by atoms with Gasteiger partial charge in [-0.1, -0.05) is 11.6 Å². The van der Waals surface area contributed by atoms with E-state index in [0.29, 0.717) is 0 Å². The van der Waals surface area contributed by atoms with Crippen LogP contribution in [0.3, 0.4) is 0 Å². The molecule has 1 aliphatic heterocycles. The van der Waals surface area contributed by atoms with Gasteiger partial charge in [-0.15, -0.1) is 37.2 Å². The zero-order valence-electron chi connectivity index (χ0n) is 24.8. The second-order valence-corrected chi connectivity index (χ2v) is 12.3. The van der Waals surface area contributed by atoms with E-state index in [1.165, 1.54) is 104 Å². The molecule has 3 aliphatic rings. The lowest BCUT2D eigenvalue weighted by Crippen LogP contribution is -2.35. The number of fused-ring (bicyclic) bond motifs is 3. The third kappa shape index (κ3) is 7.71. The Morgan fingerprint density at radius 2 is 1.57 bits per heavy atom. The second kappa shape index (κ2) is 15.9. The number of rotatable bonds is 9. The van der Waals surface area contributed by atoms with Crippen LogP contribution in [0.25, 0.3) is 10.9 Å². The molecule has 1 aromatic heterocycles. The molecular formula is C33H45Cl4N3O2. The minimum atomic E-state index is 0. The number of hydrogen-bond acceptors (Lipinski definition) is 5. The fourth-order valence-corrected chi connectivity index (χ4v) is 7.40. The zero-order chi connectivity index (χ0) is 26.8. The van der Waals surface area contributed by atoms with Crippen LogP contribution in [-0.4, -0.2) is 50.3 Å². The van der Waals surface area contributed by atoms with Crippen molar-refractivity contribution in [1.29, 1.82) is 0 Å². The van der Waals surface area contributed by atoms with Crippen LogP contribution in [0.15, 0.2) is 30.3 Å². The van der Waals surface area contributed by atoms with Gasteiger partial charge in [0.15, 0.2) is 11.5 Å². The van der Waals surface area contributed by atoms with Crippen LogP contribution in [0.1, 0.15) is 60.9 Å². The molecule has 1 fully saturated rings. The van der Waals surface area contributed by atoms with Crippen LogP contribution >= 0.6 is 48.8 Å². The molecular weight excluding hydrogens is 612 g/mol. The van der Waals surface area contributed by atoms with Gasteiger partial charge in [-0.05, 0) is 143 Å². The van der Waals surface area contributed by atoms with Crippen molar-refractivity contribution in [2.24, 2.45) is 11.8 Å². The third-order valence-electron chi connectivity index (χ3n) is 9.27. The molecule has 5 nitrogen and oxygen atoms in total. The molecule has 6 rings (SSSR count). The van der Waals surface area contributed by atoms with Crippen molar-refractivity contribution < 1.29 is 9.47 Å². The number of nitrogens with zero attached hydrogens (tertiary/aromatic N) is 2. The number of methoxy groups -OCH3 is 2. The average molecular weight is 658 g/mol. The van der Waals surface area contributed by atoms with Gasteiger partial charge < -0.3 is 19.7 Å². The fourth-order valence-electron chi connectivity index (χ4n) is 7.24. The Balaban J connectivity index is 0.00000161. The van der Waals surface area contributed by atoms with Crippen molar-refractivity contribution in [2.75, 3.05) is 45.7 Å². The largest absolute Gasteiger partial charge is 0.493 e. The van der Waals surface area contributed by atoms with Gasteiger partial charge in [0.05, 0.1) is 19.7 Å². The van der Waals surface area contributed by atoms with Crippen molar-refractivity contribution in [3.8, 4) is 11.5 Å². The number of aromatic nitrogens is 1. The van der Waals surface area contributed by atoms with E-state index < -0.39 is 0 Å². The molecule has 0 radical (unpaired) electrons. The first kappa shape index (κ1) is 34.9. The molecule has 0 amide bonds. The number of piperidine rings is 1. The third-order valence-corrected chi connectivity index (χ3v) is 9.51. The number of likely N-dealkylation sites (tertiary alicyclic amines) is 1. The number of nitrogens with one attached hydrogen (secondary N) is 1. The Labute approximate surface area is 274 Å². The highest BCUT2D eigenvalue weighted by atomic mass is 35.5. The maximum absolute atomic E-state index is 6.29. The van der Waals surface area contributed by atoms with E-state index in [4.69, 9.17) is 26.1 Å². The summed E-state index contributed by atoms with van der Waals surface area (Å²) >= 11 is 6.29. The van der Waals surface area contributed by atoms with Crippen LogP contribution in [0, 0.1) is 11.8 Å². The van der Waals surface area contributed by atoms with Crippen molar-refractivity contribution in [3.05, 3.63) is 57.7 Å². The number of ether oxygens (including phenoxy) is 2. The predicted octanol–water partition coefficient (Wildman–Crippen LogP) is 8.37. The van der Waals surface area contributed by atoms with Crippen molar-refractivity contribution >= 4 is 65.4 Å². The maximum Gasteiger partial charge on any atom is 0.161 e. The number of benzene rings is 2. The fraction of sp³-hybridized carbons (Fsp3) is 0.545. The Kier molecular flexibility index (Phi) is 13.2. The molecule has 0 saturated carbocycles. The summed E-state index contributed by atoms with van der Waals surface area (Å²) in [6, 6.07) is 10.5. The predicted molar refractivity (Wildman–Crippen MR) is 182 cm³/mol. The molecule has 2 aromatic carbocycles. The molecule has 232 valence electrons. The van der Waals surface area contributed by atoms with Crippen molar-refractivity contribution in [3.63, 3.8) is 0 Å². The minimum absolute atomic E-state index is 0. The number of pyridine rings is 1. The quantitative estimate of drug-likeness (QED) is 0.235. The molecule has 0 unspecified atom stereocenters. The lowest BCUT2D eigenvalue weighted by Gasteiger charge is -2.33. The van der Waals surface area contributed by atoms with Gasteiger partial charge in [-0.3, -0.25) is 4.98 Å². The maximum atomic E-state index is 6.29. The summed E-state index contributed by atoms with van der Waals surface area (Å²) in [5, 5.41) is 5.81. The number of anilines is 1. The monoisotopic (exact) mass is 655 g/mol. The summed E-state index contributed by atoms with van der Waals surface area (Å²) in [7, 11) is 3.45. The molecule has 9 heteroatoms. The first-order valence-corrected chi connectivity index (χ1v) is 15.3. The highest BCUT2D eigenvalue weighted by molar-refractivity contribution is 6.31. The van der Waals surface area contributed by atoms with E-state index in [9.17, 15) is 0 Å². The highest BCUT2D eigenvalue weighted by Crippen LogP contribution is 2.40. The van der Waals surface area contributed by atoms with Gasteiger partial charge in [0.1, 0.15) is 0 Å².